The Balaban J connectivity index is 2.38. The molecule has 0 heterocycles. The zero-order valence-corrected chi connectivity index (χ0v) is 12.7. The first-order valence-corrected chi connectivity index (χ1v) is 7.36. The van der Waals surface area contributed by atoms with Crippen LogP contribution in [0.5, 0.6) is 0 Å². The van der Waals surface area contributed by atoms with Crippen molar-refractivity contribution in [2.24, 2.45) is 5.92 Å². The molecule has 1 aromatic rings. The number of benzene rings is 1. The number of carbonyl (C=O) groups excluding carboxylic acids is 1. The fourth-order valence-electron chi connectivity index (χ4n) is 1.92. The molecule has 0 bridgehead atoms. The molecule has 0 aliphatic carbocycles. The summed E-state index contributed by atoms with van der Waals surface area (Å²) in [5.41, 5.74) is 0.751. The molecule has 0 aliphatic rings. The number of aliphatic hydroxyl groups excluding tert-OH is 1. The van der Waals surface area contributed by atoms with Gasteiger partial charge < -0.3 is 15.7 Å². The van der Waals surface area contributed by atoms with E-state index in [-0.39, 0.29) is 12.6 Å². The van der Waals surface area contributed by atoms with Crippen molar-refractivity contribution in [1.29, 1.82) is 0 Å². The van der Waals surface area contributed by atoms with E-state index in [0.29, 0.717) is 12.5 Å². The minimum Gasteiger partial charge on any atom is -0.396 e. The van der Waals surface area contributed by atoms with E-state index in [1.165, 1.54) is 0 Å². The van der Waals surface area contributed by atoms with Crippen LogP contribution in [0.15, 0.2) is 28.7 Å². The summed E-state index contributed by atoms with van der Waals surface area (Å²) in [5.74, 6) is 0.336. The van der Waals surface area contributed by atoms with E-state index >= 15 is 0 Å². The summed E-state index contributed by atoms with van der Waals surface area (Å²) >= 11 is 3.36. The maximum atomic E-state index is 11.7. The third kappa shape index (κ3) is 6.59. The summed E-state index contributed by atoms with van der Waals surface area (Å²) in [7, 11) is 0. The second kappa shape index (κ2) is 8.93. The molecule has 3 N–H and O–H groups in total. The van der Waals surface area contributed by atoms with Gasteiger partial charge in [0.25, 0.3) is 0 Å². The number of hydrogen-bond acceptors (Lipinski definition) is 2. The highest BCUT2D eigenvalue weighted by atomic mass is 79.9. The Bertz CT molecular complexity index is 393. The summed E-state index contributed by atoms with van der Waals surface area (Å²) in [6.45, 7) is 2.86. The van der Waals surface area contributed by atoms with Gasteiger partial charge in [0.15, 0.2) is 0 Å². The summed E-state index contributed by atoms with van der Waals surface area (Å²) in [4.78, 5) is 11.7. The van der Waals surface area contributed by atoms with E-state index in [4.69, 9.17) is 5.11 Å². The molecule has 106 valence electrons. The monoisotopic (exact) mass is 328 g/mol. The predicted octanol–water partition coefficient (Wildman–Crippen LogP) is 3.37. The lowest BCUT2D eigenvalue weighted by Crippen LogP contribution is -2.33. The first-order valence-electron chi connectivity index (χ1n) is 6.57. The van der Waals surface area contributed by atoms with Gasteiger partial charge in [-0.25, -0.2) is 4.79 Å². The van der Waals surface area contributed by atoms with E-state index in [9.17, 15) is 4.79 Å². The zero-order valence-electron chi connectivity index (χ0n) is 11.2. The molecule has 0 aromatic heterocycles. The lowest BCUT2D eigenvalue weighted by Gasteiger charge is -2.16. The number of urea groups is 1. The highest BCUT2D eigenvalue weighted by Crippen LogP contribution is 2.15. The van der Waals surface area contributed by atoms with Crippen molar-refractivity contribution in [3.05, 3.63) is 28.7 Å². The van der Waals surface area contributed by atoms with Gasteiger partial charge in [0.05, 0.1) is 0 Å². The summed E-state index contributed by atoms with van der Waals surface area (Å²) in [6, 6.07) is 7.24. The van der Waals surface area contributed by atoms with Gasteiger partial charge in [-0.1, -0.05) is 35.3 Å². The molecule has 4 nitrogen and oxygen atoms in total. The van der Waals surface area contributed by atoms with Gasteiger partial charge in [-0.2, -0.15) is 0 Å². The number of anilines is 1. The van der Waals surface area contributed by atoms with Gasteiger partial charge >= 0.3 is 6.03 Å². The van der Waals surface area contributed by atoms with E-state index < -0.39 is 0 Å². The third-order valence-corrected chi connectivity index (χ3v) is 3.36. The second-order valence-corrected chi connectivity index (χ2v) is 5.43. The number of aliphatic hydroxyl groups is 1. The van der Waals surface area contributed by atoms with Crippen molar-refractivity contribution in [1.82, 2.24) is 5.32 Å². The molecule has 0 aliphatic heterocycles. The maximum Gasteiger partial charge on any atom is 0.319 e. The SMILES string of the molecule is CCCC(CCO)CNC(=O)Nc1cccc(Br)c1. The highest BCUT2D eigenvalue weighted by molar-refractivity contribution is 9.10. The first-order chi connectivity index (χ1) is 9.15. The summed E-state index contributed by atoms with van der Waals surface area (Å²) in [6.07, 6.45) is 2.79. The summed E-state index contributed by atoms with van der Waals surface area (Å²) < 4.78 is 0.925. The molecule has 1 atom stereocenters. The molecule has 2 amide bonds. The van der Waals surface area contributed by atoms with Crippen molar-refractivity contribution in [2.75, 3.05) is 18.5 Å². The minimum atomic E-state index is -0.211. The fraction of sp³-hybridized carbons (Fsp3) is 0.500. The van der Waals surface area contributed by atoms with Crippen molar-refractivity contribution < 1.29 is 9.90 Å². The average molecular weight is 329 g/mol. The van der Waals surface area contributed by atoms with Crippen LogP contribution in [0.4, 0.5) is 10.5 Å². The maximum absolute atomic E-state index is 11.7. The molecule has 0 radical (unpaired) electrons. The quantitative estimate of drug-likeness (QED) is 0.718. The van der Waals surface area contributed by atoms with Crippen molar-refractivity contribution in [2.45, 2.75) is 26.2 Å². The Morgan fingerprint density at radius 2 is 2.21 bits per heavy atom. The van der Waals surface area contributed by atoms with Gasteiger partial charge in [-0.05, 0) is 37.0 Å². The zero-order chi connectivity index (χ0) is 14.1. The van der Waals surface area contributed by atoms with Crippen molar-refractivity contribution in [3.8, 4) is 0 Å². The number of nitrogens with one attached hydrogen (secondary N) is 2. The lowest BCUT2D eigenvalue weighted by atomic mass is 10.0. The Kier molecular flexibility index (Phi) is 7.52. The van der Waals surface area contributed by atoms with Crippen LogP contribution in [0, 0.1) is 5.92 Å². The summed E-state index contributed by atoms with van der Waals surface area (Å²) in [5, 5.41) is 14.6. The molecule has 0 fully saturated rings. The molecule has 1 aromatic carbocycles. The smallest absolute Gasteiger partial charge is 0.319 e. The van der Waals surface area contributed by atoms with Crippen LogP contribution in [-0.2, 0) is 0 Å². The van der Waals surface area contributed by atoms with Crippen LogP contribution >= 0.6 is 15.9 Å². The van der Waals surface area contributed by atoms with E-state index in [1.807, 2.05) is 24.3 Å². The number of amides is 2. The molecular weight excluding hydrogens is 308 g/mol. The van der Waals surface area contributed by atoms with Gasteiger partial charge in [0.2, 0.25) is 0 Å². The normalized spacial score (nSPS) is 11.9. The van der Waals surface area contributed by atoms with Crippen LogP contribution in [0.3, 0.4) is 0 Å². The molecule has 0 spiro atoms. The van der Waals surface area contributed by atoms with Crippen molar-refractivity contribution >= 4 is 27.6 Å². The van der Waals surface area contributed by atoms with E-state index in [0.717, 1.165) is 29.4 Å². The molecule has 0 saturated heterocycles. The van der Waals surface area contributed by atoms with Gasteiger partial charge in [0, 0.05) is 23.3 Å². The molecular formula is C14H21BrN2O2. The Labute approximate surface area is 122 Å². The van der Waals surface area contributed by atoms with Crippen LogP contribution < -0.4 is 10.6 Å². The Morgan fingerprint density at radius 1 is 1.42 bits per heavy atom. The first kappa shape index (κ1) is 16.0. The average Bonchev–Trinajstić information content (AvgIpc) is 2.36. The largest absolute Gasteiger partial charge is 0.396 e. The van der Waals surface area contributed by atoms with Gasteiger partial charge in [-0.3, -0.25) is 0 Å². The number of halogens is 1. The number of hydrogen-bond donors (Lipinski definition) is 3. The molecule has 19 heavy (non-hydrogen) atoms. The highest BCUT2D eigenvalue weighted by Gasteiger charge is 2.09. The molecule has 0 saturated carbocycles. The van der Waals surface area contributed by atoms with Crippen molar-refractivity contribution in [3.63, 3.8) is 0 Å². The van der Waals surface area contributed by atoms with Crippen LogP contribution in [-0.4, -0.2) is 24.3 Å². The van der Waals surface area contributed by atoms with Gasteiger partial charge in [-0.15, -0.1) is 0 Å². The predicted molar refractivity (Wildman–Crippen MR) is 81.3 cm³/mol. The van der Waals surface area contributed by atoms with Crippen LogP contribution in [0.2, 0.25) is 0 Å². The lowest BCUT2D eigenvalue weighted by molar-refractivity contribution is 0.237. The topological polar surface area (TPSA) is 61.4 Å². The van der Waals surface area contributed by atoms with Crippen LogP contribution in [0.25, 0.3) is 0 Å². The Hall–Kier alpha value is -1.07. The number of rotatable bonds is 7. The van der Waals surface area contributed by atoms with E-state index in [2.05, 4.69) is 33.5 Å². The fourth-order valence-corrected chi connectivity index (χ4v) is 2.32. The molecule has 5 heteroatoms. The second-order valence-electron chi connectivity index (χ2n) is 4.51. The van der Waals surface area contributed by atoms with E-state index in [1.54, 1.807) is 0 Å². The third-order valence-electron chi connectivity index (χ3n) is 2.87. The minimum absolute atomic E-state index is 0.166. The Morgan fingerprint density at radius 3 is 2.84 bits per heavy atom. The molecule has 1 unspecified atom stereocenters. The molecule has 1 rings (SSSR count). The van der Waals surface area contributed by atoms with Crippen LogP contribution in [0.1, 0.15) is 26.2 Å². The number of carbonyl (C=O) groups is 1. The standard InChI is InChI=1S/C14H21BrN2O2/c1-2-4-11(7-8-18)10-16-14(19)17-13-6-3-5-12(15)9-13/h3,5-6,9,11,18H,2,4,7-8,10H2,1H3,(H2,16,17,19). The van der Waals surface area contributed by atoms with Gasteiger partial charge in [0.1, 0.15) is 0 Å².